The molecule has 3 rings (SSSR count). The van der Waals surface area contributed by atoms with Gasteiger partial charge in [0.15, 0.2) is 0 Å². The topological polar surface area (TPSA) is 126 Å². The van der Waals surface area contributed by atoms with Crippen LogP contribution < -0.4 is 16.8 Å². The number of nitrogens with two attached hydrogens (primary N) is 2. The molecule has 1 unspecified atom stereocenters. The molecule has 1 aromatic carbocycles. The third-order valence-electron chi connectivity index (χ3n) is 7.87. The second-order valence-corrected chi connectivity index (χ2v) is 11.1. The lowest BCUT2D eigenvalue weighted by atomic mass is 9.78. The minimum atomic E-state index is 0.250. The molecule has 1 aliphatic heterocycles. The molecule has 1 saturated carbocycles. The van der Waals surface area contributed by atoms with E-state index >= 15 is 0 Å². The van der Waals surface area contributed by atoms with Crippen molar-refractivity contribution in [3.8, 4) is 0 Å². The van der Waals surface area contributed by atoms with E-state index in [1.165, 1.54) is 56.1 Å². The summed E-state index contributed by atoms with van der Waals surface area (Å²) in [4.78, 5) is 30.6. The van der Waals surface area contributed by atoms with Gasteiger partial charge >= 0.3 is 0 Å². The molecule has 230 valence electrons. The van der Waals surface area contributed by atoms with Crippen molar-refractivity contribution in [2.24, 2.45) is 33.3 Å². The SMILES string of the molecule is C=C(C=O)CN1CCCC1.CCC(N)=NC(CCC(CNC)C1CCCCC1)=Nc1ccc(CC)cc1C.NC=O. The minimum Gasteiger partial charge on any atom is -0.387 e. The van der Waals surface area contributed by atoms with Gasteiger partial charge < -0.3 is 16.8 Å². The van der Waals surface area contributed by atoms with Crippen LogP contribution in [0.4, 0.5) is 5.69 Å². The van der Waals surface area contributed by atoms with Crippen LogP contribution in [0, 0.1) is 18.8 Å². The number of hydrogen-bond acceptors (Lipinski definition) is 5. The molecule has 1 aliphatic carbocycles. The van der Waals surface area contributed by atoms with Gasteiger partial charge in [-0.3, -0.25) is 14.5 Å². The maximum atomic E-state index is 10.2. The van der Waals surface area contributed by atoms with Gasteiger partial charge in [0.1, 0.15) is 18.0 Å². The number of aldehydes is 1. The van der Waals surface area contributed by atoms with Gasteiger partial charge in [-0.15, -0.1) is 0 Å². The van der Waals surface area contributed by atoms with E-state index in [1.807, 2.05) is 6.92 Å². The molecular formula is C33H56N6O2. The number of hydrogen-bond donors (Lipinski definition) is 3. The first-order chi connectivity index (χ1) is 19.8. The zero-order valence-corrected chi connectivity index (χ0v) is 26.2. The molecule has 8 heteroatoms. The first-order valence-corrected chi connectivity index (χ1v) is 15.5. The predicted octanol–water partition coefficient (Wildman–Crippen LogP) is 5.49. The van der Waals surface area contributed by atoms with Crippen molar-refractivity contribution in [1.29, 1.82) is 0 Å². The van der Waals surface area contributed by atoms with Crippen LogP contribution in [0.5, 0.6) is 0 Å². The van der Waals surface area contributed by atoms with Gasteiger partial charge in [-0.1, -0.05) is 64.7 Å². The number of amidine groups is 2. The van der Waals surface area contributed by atoms with Crippen molar-refractivity contribution in [3.05, 3.63) is 41.5 Å². The van der Waals surface area contributed by atoms with Crippen LogP contribution in [0.25, 0.3) is 0 Å². The molecule has 2 aliphatic rings. The first kappa shape index (κ1) is 36.2. The van der Waals surface area contributed by atoms with Gasteiger partial charge in [0, 0.05) is 19.4 Å². The summed E-state index contributed by atoms with van der Waals surface area (Å²) in [6, 6.07) is 6.52. The predicted molar refractivity (Wildman–Crippen MR) is 174 cm³/mol. The Morgan fingerprint density at radius 1 is 1.15 bits per heavy atom. The Balaban J connectivity index is 0.000000534. The van der Waals surface area contributed by atoms with Crippen molar-refractivity contribution < 1.29 is 9.59 Å². The lowest BCUT2D eigenvalue weighted by Crippen LogP contribution is -2.28. The zero-order valence-electron chi connectivity index (χ0n) is 26.2. The monoisotopic (exact) mass is 568 g/mol. The molecule has 5 N–H and O–H groups in total. The standard InChI is InChI=1S/C24H40N4.C8H13NO.CH3NO/c1-5-19-12-14-22(18(3)16-19)27-24(28-23(25)6-2)15-13-21(17-26-4)20-10-8-7-9-11-20;1-8(7-10)6-9-4-2-3-5-9;2-1-3/h12,14,16,20-21,26H,5-11,13,15,17H2,1-4H3,(H2,25,27,28);7H,1-6H2;1H,(H2,2,3). The summed E-state index contributed by atoms with van der Waals surface area (Å²) in [5.41, 5.74) is 14.5. The average molecular weight is 569 g/mol. The van der Waals surface area contributed by atoms with Crippen LogP contribution in [0.1, 0.15) is 89.2 Å². The fourth-order valence-corrected chi connectivity index (χ4v) is 5.54. The number of amides is 1. The van der Waals surface area contributed by atoms with Gasteiger partial charge in [-0.25, -0.2) is 9.98 Å². The van der Waals surface area contributed by atoms with Gasteiger partial charge in [0.25, 0.3) is 0 Å². The Morgan fingerprint density at radius 3 is 2.34 bits per heavy atom. The Labute approximate surface area is 249 Å². The molecule has 2 fully saturated rings. The third kappa shape index (κ3) is 15.1. The highest BCUT2D eigenvalue weighted by Gasteiger charge is 2.23. The Bertz CT molecular complexity index is 962. The summed E-state index contributed by atoms with van der Waals surface area (Å²) >= 11 is 0. The van der Waals surface area contributed by atoms with Crippen molar-refractivity contribution in [1.82, 2.24) is 10.2 Å². The molecule has 1 amide bonds. The zero-order chi connectivity index (χ0) is 30.5. The van der Waals surface area contributed by atoms with Crippen LogP contribution in [0.2, 0.25) is 0 Å². The molecule has 0 aromatic heterocycles. The number of benzene rings is 1. The second kappa shape index (κ2) is 21.8. The fraction of sp³-hybridized carbons (Fsp3) is 0.636. The highest BCUT2D eigenvalue weighted by molar-refractivity contribution is 5.97. The smallest absolute Gasteiger partial charge is 0.204 e. The average Bonchev–Trinajstić information content (AvgIpc) is 3.50. The van der Waals surface area contributed by atoms with Crippen molar-refractivity contribution in [2.75, 3.05) is 33.2 Å². The molecule has 1 aromatic rings. The molecule has 0 spiro atoms. The van der Waals surface area contributed by atoms with E-state index in [4.69, 9.17) is 15.5 Å². The molecule has 0 radical (unpaired) electrons. The van der Waals surface area contributed by atoms with Crippen LogP contribution in [-0.2, 0) is 16.0 Å². The van der Waals surface area contributed by atoms with E-state index in [1.54, 1.807) is 0 Å². The van der Waals surface area contributed by atoms with Crippen molar-refractivity contribution >= 4 is 30.1 Å². The van der Waals surface area contributed by atoms with Crippen LogP contribution >= 0.6 is 0 Å². The normalized spacial score (nSPS) is 17.1. The number of nitrogens with one attached hydrogen (secondary N) is 1. The van der Waals surface area contributed by atoms with E-state index in [0.717, 1.165) is 75.6 Å². The van der Waals surface area contributed by atoms with E-state index in [-0.39, 0.29) is 6.41 Å². The number of aliphatic imine (C=N–C) groups is 2. The number of carbonyl (C=O) groups is 2. The number of likely N-dealkylation sites (tertiary alicyclic amines) is 1. The highest BCUT2D eigenvalue weighted by atomic mass is 16.1. The first-order valence-electron chi connectivity index (χ1n) is 15.5. The fourth-order valence-electron chi connectivity index (χ4n) is 5.54. The summed E-state index contributed by atoms with van der Waals surface area (Å²) < 4.78 is 0. The summed E-state index contributed by atoms with van der Waals surface area (Å²) in [5, 5.41) is 3.41. The van der Waals surface area contributed by atoms with Crippen molar-refractivity contribution in [3.63, 3.8) is 0 Å². The minimum absolute atomic E-state index is 0.250. The van der Waals surface area contributed by atoms with Crippen molar-refractivity contribution in [2.45, 2.75) is 91.4 Å². The van der Waals surface area contributed by atoms with Gasteiger partial charge in [-0.05, 0) is 93.9 Å². The highest BCUT2D eigenvalue weighted by Crippen LogP contribution is 2.32. The number of primary amides is 1. The summed E-state index contributed by atoms with van der Waals surface area (Å²) in [7, 11) is 2.07. The van der Waals surface area contributed by atoms with Crippen LogP contribution in [0.15, 0.2) is 40.3 Å². The number of nitrogens with zero attached hydrogens (tertiary/aromatic N) is 3. The largest absolute Gasteiger partial charge is 0.387 e. The van der Waals surface area contributed by atoms with Gasteiger partial charge in [0.2, 0.25) is 6.41 Å². The summed E-state index contributed by atoms with van der Waals surface area (Å²) in [6.45, 7) is 14.1. The summed E-state index contributed by atoms with van der Waals surface area (Å²) in [6.07, 6.45) is 14.4. The molecule has 1 saturated heterocycles. The Morgan fingerprint density at radius 2 is 1.80 bits per heavy atom. The lowest BCUT2D eigenvalue weighted by Gasteiger charge is -2.30. The maximum absolute atomic E-state index is 10.2. The maximum Gasteiger partial charge on any atom is 0.204 e. The number of rotatable bonds is 12. The molecule has 8 nitrogen and oxygen atoms in total. The Hall–Kier alpha value is -2.84. The third-order valence-corrected chi connectivity index (χ3v) is 7.87. The molecular weight excluding hydrogens is 512 g/mol. The quantitative estimate of drug-likeness (QED) is 0.133. The van der Waals surface area contributed by atoms with Gasteiger partial charge in [0.05, 0.1) is 5.69 Å². The molecule has 1 heterocycles. The molecule has 41 heavy (non-hydrogen) atoms. The number of carbonyl (C=O) groups excluding carboxylic acids is 2. The van der Waals surface area contributed by atoms with E-state index < -0.39 is 0 Å². The van der Waals surface area contributed by atoms with Crippen LogP contribution in [-0.4, -0.2) is 62.5 Å². The lowest BCUT2D eigenvalue weighted by molar-refractivity contribution is -0.107. The van der Waals surface area contributed by atoms with Gasteiger partial charge in [-0.2, -0.15) is 0 Å². The number of aryl methyl sites for hydroxylation is 2. The van der Waals surface area contributed by atoms with E-state index in [0.29, 0.717) is 17.3 Å². The summed E-state index contributed by atoms with van der Waals surface area (Å²) in [5.74, 6) is 3.07. The van der Waals surface area contributed by atoms with E-state index in [2.05, 4.69) is 66.6 Å². The second-order valence-electron chi connectivity index (χ2n) is 11.1. The van der Waals surface area contributed by atoms with E-state index in [9.17, 15) is 4.79 Å². The van der Waals surface area contributed by atoms with Crippen LogP contribution in [0.3, 0.4) is 0 Å². The Kier molecular flexibility index (Phi) is 19.3. The molecule has 1 atom stereocenters. The molecule has 0 bridgehead atoms.